The summed E-state index contributed by atoms with van der Waals surface area (Å²) < 4.78 is 3.29. The summed E-state index contributed by atoms with van der Waals surface area (Å²) in [6, 6.07) is 10.1. The van der Waals surface area contributed by atoms with Gasteiger partial charge in [-0.3, -0.25) is 14.5 Å². The number of carbonyl (C=O) groups is 2. The van der Waals surface area contributed by atoms with E-state index in [1.165, 1.54) is 18.5 Å². The highest BCUT2D eigenvalue weighted by Crippen LogP contribution is 2.38. The standard InChI is InChI=1S/C22H26BrN3O2/c1-15-13-20(16(2)26(15)19-7-8-19)21(27)14-24-9-11-25(12-10-24)22(28)17-3-5-18(23)6-4-17/h3-6,13,19H,7-12,14H2,1-2H3. The predicted molar refractivity (Wildman–Crippen MR) is 113 cm³/mol. The first-order valence-corrected chi connectivity index (χ1v) is 10.7. The number of carbonyl (C=O) groups excluding carboxylic acids is 2. The van der Waals surface area contributed by atoms with Gasteiger partial charge in [0.05, 0.1) is 6.54 Å². The molecule has 0 N–H and O–H groups in total. The first kappa shape index (κ1) is 19.4. The minimum absolute atomic E-state index is 0.0615. The van der Waals surface area contributed by atoms with Gasteiger partial charge in [-0.15, -0.1) is 0 Å². The molecule has 0 atom stereocenters. The van der Waals surface area contributed by atoms with E-state index in [2.05, 4.69) is 39.2 Å². The van der Waals surface area contributed by atoms with Gasteiger partial charge in [0, 0.05) is 59.2 Å². The lowest BCUT2D eigenvalue weighted by molar-refractivity contribution is 0.0624. The molecule has 1 aliphatic heterocycles. The normalized spacial score (nSPS) is 17.8. The number of Topliss-reactive ketones (excluding diaryl/α,β-unsaturated/α-hetero) is 1. The monoisotopic (exact) mass is 443 g/mol. The van der Waals surface area contributed by atoms with Gasteiger partial charge >= 0.3 is 0 Å². The molecule has 5 nitrogen and oxygen atoms in total. The molecule has 2 fully saturated rings. The smallest absolute Gasteiger partial charge is 0.253 e. The van der Waals surface area contributed by atoms with Crippen molar-refractivity contribution in [2.45, 2.75) is 32.7 Å². The summed E-state index contributed by atoms with van der Waals surface area (Å²) in [4.78, 5) is 29.6. The lowest BCUT2D eigenvalue weighted by atomic mass is 10.1. The molecule has 4 rings (SSSR count). The fourth-order valence-corrected chi connectivity index (χ4v) is 4.39. The topological polar surface area (TPSA) is 45.6 Å². The quantitative estimate of drug-likeness (QED) is 0.659. The number of nitrogens with zero attached hydrogens (tertiary/aromatic N) is 3. The molecule has 1 aliphatic carbocycles. The molecule has 1 saturated heterocycles. The van der Waals surface area contributed by atoms with Gasteiger partial charge in [-0.1, -0.05) is 15.9 Å². The lowest BCUT2D eigenvalue weighted by Gasteiger charge is -2.34. The Hall–Kier alpha value is -1.92. The van der Waals surface area contributed by atoms with Crippen LogP contribution in [0, 0.1) is 13.8 Å². The van der Waals surface area contributed by atoms with E-state index in [-0.39, 0.29) is 11.7 Å². The first-order valence-electron chi connectivity index (χ1n) is 9.93. The van der Waals surface area contributed by atoms with Crippen LogP contribution < -0.4 is 0 Å². The van der Waals surface area contributed by atoms with E-state index in [4.69, 9.17) is 0 Å². The van der Waals surface area contributed by atoms with Crippen molar-refractivity contribution >= 4 is 27.6 Å². The summed E-state index contributed by atoms with van der Waals surface area (Å²) in [7, 11) is 0. The maximum atomic E-state index is 12.9. The van der Waals surface area contributed by atoms with Gasteiger partial charge in [-0.25, -0.2) is 0 Å². The molecule has 6 heteroatoms. The molecule has 0 unspecified atom stereocenters. The number of benzene rings is 1. The molecule has 2 heterocycles. The van der Waals surface area contributed by atoms with Gasteiger partial charge in [-0.05, 0) is 57.0 Å². The van der Waals surface area contributed by atoms with E-state index in [0.29, 0.717) is 31.2 Å². The fraction of sp³-hybridized carbons (Fsp3) is 0.455. The third-order valence-electron chi connectivity index (χ3n) is 5.81. The number of piperazine rings is 1. The Morgan fingerprint density at radius 3 is 2.29 bits per heavy atom. The molecule has 148 valence electrons. The van der Waals surface area contributed by atoms with Crippen molar-refractivity contribution in [2.75, 3.05) is 32.7 Å². The van der Waals surface area contributed by atoms with Gasteiger partial charge in [0.1, 0.15) is 0 Å². The molecule has 1 amide bonds. The van der Waals surface area contributed by atoms with E-state index in [0.717, 1.165) is 28.8 Å². The van der Waals surface area contributed by atoms with Crippen molar-refractivity contribution in [3.8, 4) is 0 Å². The van der Waals surface area contributed by atoms with E-state index >= 15 is 0 Å². The van der Waals surface area contributed by atoms with Crippen LogP contribution in [0.1, 0.15) is 51.0 Å². The number of hydrogen-bond acceptors (Lipinski definition) is 3. The third kappa shape index (κ3) is 3.94. The second kappa shape index (κ2) is 7.84. The molecule has 1 aromatic heterocycles. The van der Waals surface area contributed by atoms with Crippen LogP contribution >= 0.6 is 15.9 Å². The molecular weight excluding hydrogens is 418 g/mol. The fourth-order valence-electron chi connectivity index (χ4n) is 4.13. The number of aryl methyl sites for hydroxylation is 1. The molecule has 0 bridgehead atoms. The largest absolute Gasteiger partial charge is 0.345 e. The van der Waals surface area contributed by atoms with Crippen LogP contribution in [0.5, 0.6) is 0 Å². The minimum Gasteiger partial charge on any atom is -0.345 e. The summed E-state index contributed by atoms with van der Waals surface area (Å²) in [5.41, 5.74) is 3.86. The lowest BCUT2D eigenvalue weighted by Crippen LogP contribution is -2.49. The Balaban J connectivity index is 1.34. The van der Waals surface area contributed by atoms with Gasteiger partial charge in [0.15, 0.2) is 5.78 Å². The minimum atomic E-state index is 0.0615. The maximum Gasteiger partial charge on any atom is 0.253 e. The molecule has 0 radical (unpaired) electrons. The first-order chi connectivity index (χ1) is 13.4. The second-order valence-electron chi connectivity index (χ2n) is 7.88. The molecule has 2 aromatic rings. The van der Waals surface area contributed by atoms with Gasteiger partial charge in [0.25, 0.3) is 5.91 Å². The number of hydrogen-bond donors (Lipinski definition) is 0. The van der Waals surface area contributed by atoms with E-state index in [9.17, 15) is 9.59 Å². The number of aromatic nitrogens is 1. The third-order valence-corrected chi connectivity index (χ3v) is 6.34. The zero-order chi connectivity index (χ0) is 19.8. The van der Waals surface area contributed by atoms with Crippen LogP contribution in [0.3, 0.4) is 0 Å². The van der Waals surface area contributed by atoms with Crippen molar-refractivity contribution in [3.05, 3.63) is 57.3 Å². The van der Waals surface area contributed by atoms with E-state index in [1.807, 2.05) is 35.2 Å². The number of amides is 1. The van der Waals surface area contributed by atoms with Gasteiger partial charge in [0.2, 0.25) is 0 Å². The summed E-state index contributed by atoms with van der Waals surface area (Å²) >= 11 is 3.40. The second-order valence-corrected chi connectivity index (χ2v) is 8.80. The van der Waals surface area contributed by atoms with Crippen molar-refractivity contribution < 1.29 is 9.59 Å². The number of rotatable bonds is 5. The average Bonchev–Trinajstić information content (AvgIpc) is 3.47. The van der Waals surface area contributed by atoms with Crippen molar-refractivity contribution in [1.82, 2.24) is 14.4 Å². The molecule has 1 aromatic carbocycles. The summed E-state index contributed by atoms with van der Waals surface area (Å²) in [5.74, 6) is 0.249. The van der Waals surface area contributed by atoms with Crippen LogP contribution in [-0.4, -0.2) is 58.8 Å². The maximum absolute atomic E-state index is 12.9. The number of halogens is 1. The number of ketones is 1. The highest BCUT2D eigenvalue weighted by Gasteiger charge is 2.29. The molecule has 1 saturated carbocycles. The van der Waals surface area contributed by atoms with Crippen LogP contribution in [0.15, 0.2) is 34.8 Å². The molecule has 28 heavy (non-hydrogen) atoms. The Morgan fingerprint density at radius 1 is 1.04 bits per heavy atom. The SMILES string of the molecule is Cc1cc(C(=O)CN2CCN(C(=O)c3ccc(Br)cc3)CC2)c(C)n1C1CC1. The van der Waals surface area contributed by atoms with Crippen LogP contribution in [0.4, 0.5) is 0 Å². The molecular formula is C22H26BrN3O2. The van der Waals surface area contributed by atoms with Gasteiger partial charge in [-0.2, -0.15) is 0 Å². The highest BCUT2D eigenvalue weighted by atomic mass is 79.9. The Labute approximate surface area is 174 Å². The van der Waals surface area contributed by atoms with Gasteiger partial charge < -0.3 is 9.47 Å². The van der Waals surface area contributed by atoms with Crippen molar-refractivity contribution in [1.29, 1.82) is 0 Å². The Morgan fingerprint density at radius 2 is 1.68 bits per heavy atom. The zero-order valence-electron chi connectivity index (χ0n) is 16.4. The van der Waals surface area contributed by atoms with Crippen LogP contribution in [0.2, 0.25) is 0 Å². The molecule has 0 spiro atoms. The summed E-state index contributed by atoms with van der Waals surface area (Å²) in [6.45, 7) is 7.36. The van der Waals surface area contributed by atoms with Crippen molar-refractivity contribution in [3.63, 3.8) is 0 Å². The molecule has 2 aliphatic rings. The highest BCUT2D eigenvalue weighted by molar-refractivity contribution is 9.10. The average molecular weight is 444 g/mol. The summed E-state index contributed by atoms with van der Waals surface area (Å²) in [6.07, 6.45) is 2.44. The Bertz CT molecular complexity index is 891. The zero-order valence-corrected chi connectivity index (χ0v) is 18.0. The van der Waals surface area contributed by atoms with Crippen LogP contribution in [0.25, 0.3) is 0 Å². The van der Waals surface area contributed by atoms with E-state index < -0.39 is 0 Å². The van der Waals surface area contributed by atoms with Crippen molar-refractivity contribution in [2.24, 2.45) is 0 Å². The van der Waals surface area contributed by atoms with Crippen LogP contribution in [-0.2, 0) is 0 Å². The predicted octanol–water partition coefficient (Wildman–Crippen LogP) is 3.84. The van der Waals surface area contributed by atoms with E-state index in [1.54, 1.807) is 0 Å². The summed E-state index contributed by atoms with van der Waals surface area (Å²) in [5, 5.41) is 0. The Kier molecular flexibility index (Phi) is 5.43.